The van der Waals surface area contributed by atoms with E-state index in [4.69, 9.17) is 28.3 Å². The fourth-order valence-electron chi connectivity index (χ4n) is 1.44. The Morgan fingerprint density at radius 3 is 2.47 bits per heavy atom. The van der Waals surface area contributed by atoms with E-state index in [1.54, 1.807) is 12.1 Å². The molecule has 0 amide bonds. The molecule has 0 radical (unpaired) electrons. The first-order valence-corrected chi connectivity index (χ1v) is 5.54. The molecule has 84 valence electrons. The van der Waals surface area contributed by atoms with Gasteiger partial charge in [-0.1, -0.05) is 36.2 Å². The zero-order valence-corrected chi connectivity index (χ0v) is 9.96. The molecule has 0 spiro atoms. The first kappa shape index (κ1) is 12.8. The van der Waals surface area contributed by atoms with Gasteiger partial charge in [-0.25, -0.2) is 0 Å². The summed E-state index contributed by atoms with van der Waals surface area (Å²) < 4.78 is 0. The Kier molecular flexibility index (Phi) is 4.87. The van der Waals surface area contributed by atoms with Crippen LogP contribution in [-0.4, -0.2) is 22.9 Å². The van der Waals surface area contributed by atoms with Gasteiger partial charge in [0.15, 0.2) is 0 Å². The highest BCUT2D eigenvalue weighted by Gasteiger charge is 2.12. The van der Waals surface area contributed by atoms with Crippen LogP contribution in [0.15, 0.2) is 18.2 Å². The van der Waals surface area contributed by atoms with E-state index in [0.717, 1.165) is 5.56 Å². The highest BCUT2D eigenvalue weighted by Crippen LogP contribution is 2.28. The lowest BCUT2D eigenvalue weighted by Crippen LogP contribution is -2.14. The number of rotatable bonds is 4. The summed E-state index contributed by atoms with van der Waals surface area (Å²) in [4.78, 5) is 0. The van der Waals surface area contributed by atoms with Crippen molar-refractivity contribution in [1.82, 2.24) is 0 Å². The van der Waals surface area contributed by atoms with Gasteiger partial charge in [-0.05, 0) is 30.0 Å². The van der Waals surface area contributed by atoms with Crippen LogP contribution in [0.5, 0.6) is 0 Å². The monoisotopic (exact) mass is 248 g/mol. The van der Waals surface area contributed by atoms with Crippen LogP contribution >= 0.6 is 23.2 Å². The Labute approximate surface area is 99.5 Å². The lowest BCUT2D eigenvalue weighted by molar-refractivity contribution is 0.0835. The standard InChI is InChI=1S/C11H14Cl2O2/c1-7(4-9(15)6-14)8-2-3-10(12)11(13)5-8/h2-3,5,7,9,14-15H,4,6H2,1H3. The first-order valence-electron chi connectivity index (χ1n) is 4.78. The molecular weight excluding hydrogens is 235 g/mol. The van der Waals surface area contributed by atoms with Crippen molar-refractivity contribution >= 4 is 23.2 Å². The van der Waals surface area contributed by atoms with Crippen LogP contribution in [0.3, 0.4) is 0 Å². The van der Waals surface area contributed by atoms with Crippen LogP contribution in [0.4, 0.5) is 0 Å². The second kappa shape index (κ2) is 5.71. The number of halogens is 2. The molecule has 0 heterocycles. The van der Waals surface area contributed by atoms with Gasteiger partial charge < -0.3 is 10.2 Å². The fraction of sp³-hybridized carbons (Fsp3) is 0.455. The number of hydrogen-bond acceptors (Lipinski definition) is 2. The fourth-order valence-corrected chi connectivity index (χ4v) is 1.74. The maximum Gasteiger partial charge on any atom is 0.0776 e. The smallest absolute Gasteiger partial charge is 0.0776 e. The third kappa shape index (κ3) is 3.65. The first-order chi connectivity index (χ1) is 7.04. The van der Waals surface area contributed by atoms with Gasteiger partial charge in [-0.2, -0.15) is 0 Å². The highest BCUT2D eigenvalue weighted by atomic mass is 35.5. The lowest BCUT2D eigenvalue weighted by Gasteiger charge is -2.15. The maximum absolute atomic E-state index is 9.30. The van der Waals surface area contributed by atoms with Crippen LogP contribution in [0.25, 0.3) is 0 Å². The molecule has 0 fully saturated rings. The predicted octanol–water partition coefficient (Wildman–Crippen LogP) is 2.84. The maximum atomic E-state index is 9.30. The molecule has 0 saturated carbocycles. The van der Waals surface area contributed by atoms with Gasteiger partial charge in [0.1, 0.15) is 0 Å². The molecule has 2 unspecified atom stereocenters. The van der Waals surface area contributed by atoms with Gasteiger partial charge >= 0.3 is 0 Å². The molecule has 1 rings (SSSR count). The number of aliphatic hydroxyl groups excluding tert-OH is 2. The molecule has 2 N–H and O–H groups in total. The third-order valence-electron chi connectivity index (χ3n) is 2.35. The van der Waals surface area contributed by atoms with Crippen molar-refractivity contribution in [1.29, 1.82) is 0 Å². The summed E-state index contributed by atoms with van der Waals surface area (Å²) in [5.74, 6) is 0.141. The van der Waals surface area contributed by atoms with Gasteiger partial charge in [0.2, 0.25) is 0 Å². The van der Waals surface area contributed by atoms with Crippen LogP contribution in [0, 0.1) is 0 Å². The minimum atomic E-state index is -0.686. The van der Waals surface area contributed by atoms with Crippen LogP contribution in [0.2, 0.25) is 10.0 Å². The van der Waals surface area contributed by atoms with E-state index in [2.05, 4.69) is 0 Å². The number of benzene rings is 1. The highest BCUT2D eigenvalue weighted by molar-refractivity contribution is 6.42. The van der Waals surface area contributed by atoms with Crippen molar-refractivity contribution in [2.24, 2.45) is 0 Å². The van der Waals surface area contributed by atoms with Crippen molar-refractivity contribution in [3.63, 3.8) is 0 Å². The minimum absolute atomic E-state index is 0.141. The minimum Gasteiger partial charge on any atom is -0.394 e. The molecular formula is C11H14Cl2O2. The molecule has 1 aromatic rings. The van der Waals surface area contributed by atoms with Crippen LogP contribution < -0.4 is 0 Å². The normalized spacial score (nSPS) is 15.0. The van der Waals surface area contributed by atoms with Crippen molar-refractivity contribution in [2.75, 3.05) is 6.61 Å². The van der Waals surface area contributed by atoms with Gasteiger partial charge in [-0.3, -0.25) is 0 Å². The van der Waals surface area contributed by atoms with E-state index in [1.807, 2.05) is 13.0 Å². The molecule has 0 bridgehead atoms. The van der Waals surface area contributed by atoms with E-state index in [1.165, 1.54) is 0 Å². The Morgan fingerprint density at radius 1 is 1.27 bits per heavy atom. The largest absolute Gasteiger partial charge is 0.394 e. The topological polar surface area (TPSA) is 40.5 Å². The van der Waals surface area contributed by atoms with Crippen molar-refractivity contribution < 1.29 is 10.2 Å². The zero-order chi connectivity index (χ0) is 11.4. The summed E-state index contributed by atoms with van der Waals surface area (Å²) in [5.41, 5.74) is 1.01. The lowest BCUT2D eigenvalue weighted by atomic mass is 9.95. The Bertz CT molecular complexity index is 328. The molecule has 0 aromatic heterocycles. The molecule has 0 saturated heterocycles. The summed E-state index contributed by atoms with van der Waals surface area (Å²) >= 11 is 11.7. The van der Waals surface area contributed by atoms with Crippen LogP contribution in [0.1, 0.15) is 24.8 Å². The number of hydrogen-bond donors (Lipinski definition) is 2. The zero-order valence-electron chi connectivity index (χ0n) is 8.45. The van der Waals surface area contributed by atoms with Crippen molar-refractivity contribution in [3.8, 4) is 0 Å². The molecule has 2 atom stereocenters. The number of aliphatic hydroxyl groups is 2. The van der Waals surface area contributed by atoms with E-state index in [0.29, 0.717) is 16.5 Å². The second-order valence-electron chi connectivity index (χ2n) is 3.65. The third-order valence-corrected chi connectivity index (χ3v) is 3.09. The second-order valence-corrected chi connectivity index (χ2v) is 4.46. The summed E-state index contributed by atoms with van der Waals surface area (Å²) in [7, 11) is 0. The van der Waals surface area contributed by atoms with Crippen molar-refractivity contribution in [3.05, 3.63) is 33.8 Å². The molecule has 1 aromatic carbocycles. The Balaban J connectivity index is 2.73. The van der Waals surface area contributed by atoms with E-state index in [-0.39, 0.29) is 12.5 Å². The SMILES string of the molecule is CC(CC(O)CO)c1ccc(Cl)c(Cl)c1. The van der Waals surface area contributed by atoms with E-state index in [9.17, 15) is 5.11 Å². The average molecular weight is 249 g/mol. The summed E-state index contributed by atoms with van der Waals surface area (Å²) in [6, 6.07) is 5.41. The predicted molar refractivity (Wildman–Crippen MR) is 62.6 cm³/mol. The Morgan fingerprint density at radius 2 is 1.93 bits per heavy atom. The summed E-state index contributed by atoms with van der Waals surface area (Å²) in [6.07, 6.45) is -0.177. The van der Waals surface area contributed by atoms with E-state index < -0.39 is 6.10 Å². The molecule has 0 aliphatic heterocycles. The molecule has 0 aliphatic rings. The van der Waals surface area contributed by atoms with Crippen molar-refractivity contribution in [2.45, 2.75) is 25.4 Å². The summed E-state index contributed by atoms with van der Waals surface area (Å²) in [6.45, 7) is 1.75. The average Bonchev–Trinajstić information content (AvgIpc) is 2.21. The van der Waals surface area contributed by atoms with Gasteiger partial charge in [0.05, 0.1) is 22.8 Å². The molecule has 15 heavy (non-hydrogen) atoms. The van der Waals surface area contributed by atoms with Gasteiger partial charge in [-0.15, -0.1) is 0 Å². The molecule has 0 aliphatic carbocycles. The van der Waals surface area contributed by atoms with Crippen LogP contribution in [-0.2, 0) is 0 Å². The summed E-state index contributed by atoms with van der Waals surface area (Å²) in [5, 5.41) is 19.1. The molecule has 2 nitrogen and oxygen atoms in total. The van der Waals surface area contributed by atoms with E-state index >= 15 is 0 Å². The Hall–Kier alpha value is -0.280. The van der Waals surface area contributed by atoms with Gasteiger partial charge in [0.25, 0.3) is 0 Å². The van der Waals surface area contributed by atoms with Gasteiger partial charge in [0, 0.05) is 0 Å². The molecule has 4 heteroatoms. The quantitative estimate of drug-likeness (QED) is 0.861.